The molecule has 198 valence electrons. The predicted molar refractivity (Wildman–Crippen MR) is 147 cm³/mol. The summed E-state index contributed by atoms with van der Waals surface area (Å²) in [6.07, 6.45) is 3.33. The lowest BCUT2D eigenvalue weighted by Crippen LogP contribution is -2.21. The Balaban J connectivity index is 1.51. The molecule has 0 spiro atoms. The highest BCUT2D eigenvalue weighted by molar-refractivity contribution is 5.87. The number of anilines is 3. The van der Waals surface area contributed by atoms with E-state index in [4.69, 9.17) is 9.72 Å². The highest BCUT2D eigenvalue weighted by atomic mass is 16.6. The first-order chi connectivity index (χ1) is 18.4. The first-order valence-corrected chi connectivity index (χ1v) is 12.5. The molecule has 4 aromatic rings. The summed E-state index contributed by atoms with van der Waals surface area (Å²) >= 11 is 0. The third-order valence-corrected chi connectivity index (χ3v) is 6.75. The summed E-state index contributed by atoms with van der Waals surface area (Å²) in [7, 11) is 5.39. The summed E-state index contributed by atoms with van der Waals surface area (Å²) in [4.78, 5) is 22.5. The third kappa shape index (κ3) is 4.98. The molecule has 0 saturated heterocycles. The van der Waals surface area contributed by atoms with E-state index in [9.17, 15) is 15.2 Å². The normalized spacial score (nSPS) is 14.9. The Morgan fingerprint density at radius 2 is 2.05 bits per heavy atom. The van der Waals surface area contributed by atoms with Crippen molar-refractivity contribution in [3.8, 4) is 11.6 Å². The first kappa shape index (κ1) is 25.4. The van der Waals surface area contributed by atoms with Gasteiger partial charge in [0.25, 0.3) is 5.69 Å². The average Bonchev–Trinajstić information content (AvgIpc) is 3.22. The Labute approximate surface area is 220 Å². The lowest BCUT2D eigenvalue weighted by atomic mass is 9.93. The fourth-order valence-corrected chi connectivity index (χ4v) is 4.95. The summed E-state index contributed by atoms with van der Waals surface area (Å²) < 4.78 is 7.66. The molecule has 0 radical (unpaired) electrons. The number of nitro benzene ring substituents is 1. The van der Waals surface area contributed by atoms with Crippen LogP contribution in [0.5, 0.6) is 5.75 Å². The fourth-order valence-electron chi connectivity index (χ4n) is 4.95. The average molecular weight is 518 g/mol. The number of methoxy groups -OCH3 is 1. The van der Waals surface area contributed by atoms with Crippen molar-refractivity contribution in [2.75, 3.05) is 44.9 Å². The Kier molecular flexibility index (Phi) is 7.12. The second-order valence-corrected chi connectivity index (χ2v) is 9.59. The van der Waals surface area contributed by atoms with Crippen LogP contribution in [0.2, 0.25) is 0 Å². The molecule has 0 fully saturated rings. The Morgan fingerprint density at radius 1 is 1.24 bits per heavy atom. The van der Waals surface area contributed by atoms with Crippen LogP contribution in [-0.4, -0.2) is 69.9 Å². The molecule has 11 nitrogen and oxygen atoms in total. The van der Waals surface area contributed by atoms with E-state index in [2.05, 4.69) is 26.3 Å². The number of hydrogen-bond donors (Lipinski definition) is 3. The Bertz CT molecular complexity index is 1480. The number of fused-ring (bicyclic) bond motifs is 3. The van der Waals surface area contributed by atoms with E-state index in [1.165, 1.54) is 13.2 Å². The van der Waals surface area contributed by atoms with Crippen LogP contribution in [-0.2, 0) is 12.8 Å². The van der Waals surface area contributed by atoms with Gasteiger partial charge in [-0.3, -0.25) is 14.7 Å². The van der Waals surface area contributed by atoms with Gasteiger partial charge in [0.15, 0.2) is 0 Å². The summed E-state index contributed by atoms with van der Waals surface area (Å²) in [6.45, 7) is 1.26. The molecule has 1 unspecified atom stereocenters. The molecule has 1 aliphatic rings. The number of benzene rings is 2. The van der Waals surface area contributed by atoms with Crippen molar-refractivity contribution in [2.45, 2.75) is 25.4 Å². The predicted octanol–water partition coefficient (Wildman–Crippen LogP) is 3.90. The number of rotatable bonds is 9. The number of nitrogens with one attached hydrogen (secondary N) is 2. The molecule has 1 aliphatic carbocycles. The van der Waals surface area contributed by atoms with E-state index < -0.39 is 4.92 Å². The first-order valence-electron chi connectivity index (χ1n) is 12.5. The smallest absolute Gasteiger partial charge is 0.294 e. The van der Waals surface area contributed by atoms with Gasteiger partial charge in [-0.15, -0.1) is 0 Å². The number of para-hydroxylation sites is 1. The molecule has 1 atom stereocenters. The molecule has 3 N–H and O–H groups in total. The molecule has 5 rings (SSSR count). The molecule has 0 amide bonds. The van der Waals surface area contributed by atoms with Crippen molar-refractivity contribution in [3.63, 3.8) is 0 Å². The highest BCUT2D eigenvalue weighted by Crippen LogP contribution is 2.38. The maximum absolute atomic E-state index is 11.9. The topological polar surface area (TPSA) is 131 Å². The molecule has 2 heterocycles. The number of ether oxygens (including phenoxy) is 1. The van der Waals surface area contributed by atoms with Crippen LogP contribution in [0.25, 0.3) is 16.7 Å². The minimum atomic E-state index is -0.424. The maximum Gasteiger partial charge on any atom is 0.294 e. The number of nitrogens with zero attached hydrogens (tertiary/aromatic N) is 5. The van der Waals surface area contributed by atoms with Gasteiger partial charge in [-0.25, -0.2) is 4.98 Å². The largest absolute Gasteiger partial charge is 0.494 e. The van der Waals surface area contributed by atoms with Gasteiger partial charge in [-0.05, 0) is 44.6 Å². The van der Waals surface area contributed by atoms with E-state index >= 15 is 0 Å². The molecular formula is C27H31N7O4. The molecule has 11 heteroatoms. The van der Waals surface area contributed by atoms with Crippen molar-refractivity contribution in [1.82, 2.24) is 19.4 Å². The number of aromatic nitrogens is 3. The zero-order valence-corrected chi connectivity index (χ0v) is 21.6. The summed E-state index contributed by atoms with van der Waals surface area (Å²) in [5.74, 6) is 1.38. The van der Waals surface area contributed by atoms with Crippen LogP contribution in [0.15, 0.2) is 48.7 Å². The molecule has 2 aromatic carbocycles. The number of likely N-dealkylation sites (N-methyl/N-ethyl adjacent to an activating group) is 1. The van der Waals surface area contributed by atoms with Gasteiger partial charge < -0.3 is 25.4 Å². The zero-order valence-electron chi connectivity index (χ0n) is 21.6. The van der Waals surface area contributed by atoms with Crippen LogP contribution < -0.4 is 15.4 Å². The van der Waals surface area contributed by atoms with Crippen LogP contribution in [0.4, 0.5) is 23.0 Å². The molecule has 0 aliphatic heterocycles. The SMILES string of the molecule is COc1cc(NCCN(C)C)c([N+](=O)[O-])cc1Nc1nccc(-n2c3c(c4ccccc42)CC(O)CC3)n1. The van der Waals surface area contributed by atoms with Crippen molar-refractivity contribution in [1.29, 1.82) is 0 Å². The molecule has 0 saturated carbocycles. The minimum Gasteiger partial charge on any atom is -0.494 e. The van der Waals surface area contributed by atoms with Gasteiger partial charge in [0.1, 0.15) is 17.3 Å². The van der Waals surface area contributed by atoms with Gasteiger partial charge in [0.2, 0.25) is 5.95 Å². The lowest BCUT2D eigenvalue weighted by molar-refractivity contribution is -0.383. The van der Waals surface area contributed by atoms with E-state index in [0.717, 1.165) is 35.1 Å². The zero-order chi connectivity index (χ0) is 26.8. The van der Waals surface area contributed by atoms with E-state index in [0.29, 0.717) is 42.3 Å². The van der Waals surface area contributed by atoms with Gasteiger partial charge in [0.05, 0.1) is 29.3 Å². The number of aliphatic hydroxyl groups excluding tert-OH is 1. The van der Waals surface area contributed by atoms with Crippen LogP contribution in [0.1, 0.15) is 17.7 Å². The summed E-state index contributed by atoms with van der Waals surface area (Å²) in [5.41, 5.74) is 3.97. The van der Waals surface area contributed by atoms with Gasteiger partial charge in [0, 0.05) is 48.9 Å². The van der Waals surface area contributed by atoms with E-state index in [1.807, 2.05) is 43.3 Å². The number of nitro groups is 1. The standard InChI is InChI=1S/C27H31N7O4/c1-32(2)13-12-28-20-16-25(38-3)21(15-24(20)34(36)37)30-27-29-11-10-26(31-27)33-22-7-5-4-6-18(22)19-14-17(35)8-9-23(19)33/h4-7,10-11,15-17,28,35H,8-9,12-14H2,1-3H3,(H,29,30,31). The molecular weight excluding hydrogens is 486 g/mol. The van der Waals surface area contributed by atoms with E-state index in [-0.39, 0.29) is 17.7 Å². The molecule has 38 heavy (non-hydrogen) atoms. The summed E-state index contributed by atoms with van der Waals surface area (Å²) in [6, 6.07) is 13.0. The Morgan fingerprint density at radius 3 is 2.82 bits per heavy atom. The van der Waals surface area contributed by atoms with Crippen LogP contribution in [0, 0.1) is 10.1 Å². The number of hydrogen-bond acceptors (Lipinski definition) is 9. The minimum absolute atomic E-state index is 0.0766. The van der Waals surface area contributed by atoms with Crippen molar-refractivity contribution in [2.24, 2.45) is 0 Å². The molecule has 2 aromatic heterocycles. The van der Waals surface area contributed by atoms with Gasteiger partial charge >= 0.3 is 0 Å². The quantitative estimate of drug-likeness (QED) is 0.223. The fraction of sp³-hybridized carbons (Fsp3) is 0.333. The van der Waals surface area contributed by atoms with Crippen molar-refractivity contribution < 1.29 is 14.8 Å². The van der Waals surface area contributed by atoms with Crippen LogP contribution >= 0.6 is 0 Å². The number of aliphatic hydroxyl groups is 1. The van der Waals surface area contributed by atoms with E-state index in [1.54, 1.807) is 12.3 Å². The maximum atomic E-state index is 11.9. The lowest BCUT2D eigenvalue weighted by Gasteiger charge is -2.20. The van der Waals surface area contributed by atoms with Gasteiger partial charge in [-0.1, -0.05) is 18.2 Å². The van der Waals surface area contributed by atoms with Crippen molar-refractivity contribution in [3.05, 3.63) is 70.0 Å². The van der Waals surface area contributed by atoms with Crippen molar-refractivity contribution >= 4 is 33.9 Å². The Hall–Kier alpha value is -4.22. The monoisotopic (exact) mass is 517 g/mol. The summed E-state index contributed by atoms with van der Waals surface area (Å²) in [5, 5.41) is 29.5. The second-order valence-electron chi connectivity index (χ2n) is 9.59. The molecule has 0 bridgehead atoms. The highest BCUT2D eigenvalue weighted by Gasteiger charge is 2.25. The third-order valence-electron chi connectivity index (χ3n) is 6.75. The van der Waals surface area contributed by atoms with Crippen LogP contribution in [0.3, 0.4) is 0 Å². The van der Waals surface area contributed by atoms with Gasteiger partial charge in [-0.2, -0.15) is 4.98 Å². The second kappa shape index (κ2) is 10.6.